The highest BCUT2D eigenvalue weighted by molar-refractivity contribution is 7.00. The van der Waals surface area contributed by atoms with E-state index in [0.29, 0.717) is 0 Å². The highest BCUT2D eigenvalue weighted by atomic mass is 15.3. The summed E-state index contributed by atoms with van der Waals surface area (Å²) in [5.74, 6) is 0. The van der Waals surface area contributed by atoms with E-state index in [1.54, 1.807) is 0 Å². The van der Waals surface area contributed by atoms with Crippen LogP contribution in [0, 0.1) is 0 Å². The molecule has 292 valence electrons. The molecule has 3 heterocycles. The molecule has 6 aromatic rings. The lowest BCUT2D eigenvalue weighted by atomic mass is 9.33. The maximum atomic E-state index is 2.80. The standard InChI is InChI=1S/C54H58BN3/c1-51(2,3)37-21-20-24-40(33-37)57-47-34-38(52(4,5)6)29-30-44(47)55-43-26-15-17-28-46(43)56(39-22-12-11-13-23-39)48-35-41(36-49(57)50(48)55)58-45-27-16-14-25-42(45)53(7)31-18-9-10-19-32-54(53,58)8/h11-17,20-30,33-36H,9-10,18-19,31-32H2,1-8H3. The Morgan fingerprint density at radius 1 is 0.466 bits per heavy atom. The number of para-hydroxylation sites is 3. The Hall–Kier alpha value is -5.22. The number of hydrogen-bond acceptors (Lipinski definition) is 3. The van der Waals surface area contributed by atoms with Gasteiger partial charge in [-0.25, -0.2) is 0 Å². The van der Waals surface area contributed by atoms with Crippen LogP contribution in [0.1, 0.15) is 111 Å². The Morgan fingerprint density at radius 2 is 1.05 bits per heavy atom. The van der Waals surface area contributed by atoms with Crippen LogP contribution in [0.3, 0.4) is 0 Å². The largest absolute Gasteiger partial charge is 0.334 e. The van der Waals surface area contributed by atoms with Crippen LogP contribution < -0.4 is 31.1 Å². The van der Waals surface area contributed by atoms with Crippen molar-refractivity contribution >= 4 is 68.6 Å². The van der Waals surface area contributed by atoms with Gasteiger partial charge < -0.3 is 14.7 Å². The third kappa shape index (κ3) is 5.46. The number of anilines is 8. The van der Waals surface area contributed by atoms with Crippen molar-refractivity contribution in [1.82, 2.24) is 0 Å². The van der Waals surface area contributed by atoms with Crippen LogP contribution in [-0.2, 0) is 16.2 Å². The van der Waals surface area contributed by atoms with Crippen molar-refractivity contribution in [3.8, 4) is 0 Å². The zero-order valence-corrected chi connectivity index (χ0v) is 35.9. The maximum absolute atomic E-state index is 2.80. The van der Waals surface area contributed by atoms with Crippen LogP contribution in [0.15, 0.2) is 133 Å². The molecule has 2 unspecified atom stereocenters. The number of fused-ring (bicyclic) bond motifs is 7. The Kier molecular flexibility index (Phi) is 8.41. The third-order valence-electron chi connectivity index (χ3n) is 14.6. The minimum Gasteiger partial charge on any atom is -0.334 e. The summed E-state index contributed by atoms with van der Waals surface area (Å²) < 4.78 is 0. The molecule has 0 spiro atoms. The minimum atomic E-state index is -0.0927. The van der Waals surface area contributed by atoms with Gasteiger partial charge >= 0.3 is 0 Å². The van der Waals surface area contributed by atoms with Crippen LogP contribution >= 0.6 is 0 Å². The summed E-state index contributed by atoms with van der Waals surface area (Å²) in [7, 11) is 0. The fourth-order valence-corrected chi connectivity index (χ4v) is 11.2. The fourth-order valence-electron chi connectivity index (χ4n) is 11.2. The summed E-state index contributed by atoms with van der Waals surface area (Å²) >= 11 is 0. The van der Waals surface area contributed by atoms with E-state index >= 15 is 0 Å². The van der Waals surface area contributed by atoms with Gasteiger partial charge in [0.1, 0.15) is 0 Å². The summed E-state index contributed by atoms with van der Waals surface area (Å²) in [4.78, 5) is 8.00. The second-order valence-corrected chi connectivity index (χ2v) is 20.1. The molecule has 0 amide bonds. The SMILES string of the molecule is CC(C)(C)c1cccc(N2c3cc(C(C)(C)C)ccc3B3c4ccccc4N(c4ccccc4)c4cc(N5c6ccccc6C6(C)CCCCCCC56C)cc2c43)c1. The van der Waals surface area contributed by atoms with Gasteiger partial charge in [0.05, 0.1) is 5.54 Å². The molecule has 0 bridgehead atoms. The fraction of sp³-hybridized carbons (Fsp3) is 0.333. The highest BCUT2D eigenvalue weighted by Gasteiger charge is 2.57. The molecule has 58 heavy (non-hydrogen) atoms. The molecule has 2 atom stereocenters. The topological polar surface area (TPSA) is 9.72 Å². The van der Waals surface area contributed by atoms with Gasteiger partial charge in [-0.15, -0.1) is 0 Å². The Morgan fingerprint density at radius 3 is 1.78 bits per heavy atom. The van der Waals surface area contributed by atoms with Crippen molar-refractivity contribution in [2.75, 3.05) is 14.7 Å². The lowest BCUT2D eigenvalue weighted by Gasteiger charge is -2.50. The Bertz CT molecular complexity index is 2560. The molecular weight excluding hydrogens is 701 g/mol. The van der Waals surface area contributed by atoms with E-state index in [2.05, 4.69) is 204 Å². The first-order valence-corrected chi connectivity index (χ1v) is 21.9. The molecule has 1 fully saturated rings. The third-order valence-corrected chi connectivity index (χ3v) is 14.6. The minimum absolute atomic E-state index is 0.00522. The van der Waals surface area contributed by atoms with Gasteiger partial charge in [-0.2, -0.15) is 0 Å². The van der Waals surface area contributed by atoms with Crippen molar-refractivity contribution < 1.29 is 0 Å². The van der Waals surface area contributed by atoms with Gasteiger partial charge in [0.15, 0.2) is 0 Å². The summed E-state index contributed by atoms with van der Waals surface area (Å²) in [6.45, 7) is 19.3. The second kappa shape index (κ2) is 13.1. The van der Waals surface area contributed by atoms with E-state index in [9.17, 15) is 0 Å². The van der Waals surface area contributed by atoms with Crippen LogP contribution in [0.2, 0.25) is 0 Å². The highest BCUT2D eigenvalue weighted by Crippen LogP contribution is 2.60. The van der Waals surface area contributed by atoms with Crippen molar-refractivity contribution in [2.24, 2.45) is 0 Å². The van der Waals surface area contributed by atoms with E-state index in [0.717, 1.165) is 6.42 Å². The normalized spacial score (nSPS) is 21.0. The van der Waals surface area contributed by atoms with Crippen molar-refractivity contribution in [3.05, 3.63) is 150 Å². The van der Waals surface area contributed by atoms with E-state index in [1.165, 1.54) is 111 Å². The number of nitrogens with zero attached hydrogens (tertiary/aromatic N) is 3. The molecule has 0 saturated heterocycles. The average Bonchev–Trinajstić information content (AvgIpc) is 3.39. The molecule has 0 aromatic heterocycles. The number of hydrogen-bond donors (Lipinski definition) is 0. The maximum Gasteiger partial charge on any atom is 0.252 e. The summed E-state index contributed by atoms with van der Waals surface area (Å²) in [5, 5.41) is 0. The quantitative estimate of drug-likeness (QED) is 0.166. The van der Waals surface area contributed by atoms with Crippen LogP contribution in [-0.4, -0.2) is 12.3 Å². The van der Waals surface area contributed by atoms with Gasteiger partial charge in [-0.1, -0.05) is 153 Å². The zero-order valence-electron chi connectivity index (χ0n) is 35.9. The predicted octanol–water partition coefficient (Wildman–Crippen LogP) is 12.9. The van der Waals surface area contributed by atoms with E-state index in [-0.39, 0.29) is 28.5 Å². The van der Waals surface area contributed by atoms with E-state index in [1.807, 2.05) is 0 Å². The van der Waals surface area contributed by atoms with Crippen molar-refractivity contribution in [3.63, 3.8) is 0 Å². The second-order valence-electron chi connectivity index (χ2n) is 20.1. The van der Waals surface area contributed by atoms with Crippen molar-refractivity contribution in [2.45, 2.75) is 116 Å². The van der Waals surface area contributed by atoms with Crippen molar-refractivity contribution in [1.29, 1.82) is 0 Å². The molecule has 10 rings (SSSR count). The number of rotatable bonds is 3. The van der Waals surface area contributed by atoms with Gasteiger partial charge in [-0.05, 0) is 118 Å². The summed E-state index contributed by atoms with van der Waals surface area (Å²) in [6, 6.07) is 51.5. The lowest BCUT2D eigenvalue weighted by Crippen LogP contribution is -2.61. The zero-order chi connectivity index (χ0) is 40.2. The van der Waals surface area contributed by atoms with E-state index < -0.39 is 0 Å². The molecule has 3 nitrogen and oxygen atoms in total. The summed E-state index contributed by atoms with van der Waals surface area (Å²) in [6.07, 6.45) is 7.50. The Balaban J connectivity index is 1.33. The van der Waals surface area contributed by atoms with Gasteiger partial charge in [-0.3, -0.25) is 0 Å². The molecule has 0 radical (unpaired) electrons. The molecule has 4 heteroatoms. The average molecular weight is 760 g/mol. The van der Waals surface area contributed by atoms with Gasteiger partial charge in [0.2, 0.25) is 0 Å². The molecule has 0 N–H and O–H groups in total. The van der Waals surface area contributed by atoms with Gasteiger partial charge in [0, 0.05) is 50.9 Å². The molecular formula is C54H58BN3. The lowest BCUT2D eigenvalue weighted by molar-refractivity contribution is 0.218. The van der Waals surface area contributed by atoms with Crippen LogP contribution in [0.25, 0.3) is 0 Å². The predicted molar refractivity (Wildman–Crippen MR) is 250 cm³/mol. The van der Waals surface area contributed by atoms with Crippen LogP contribution in [0.4, 0.5) is 45.5 Å². The first-order valence-electron chi connectivity index (χ1n) is 21.9. The molecule has 1 aliphatic carbocycles. The monoisotopic (exact) mass is 759 g/mol. The van der Waals surface area contributed by atoms with E-state index in [4.69, 9.17) is 0 Å². The molecule has 4 aliphatic rings. The summed E-state index contributed by atoms with van der Waals surface area (Å²) in [5.41, 5.74) is 18.4. The molecule has 6 aromatic carbocycles. The molecule has 3 aliphatic heterocycles. The van der Waals surface area contributed by atoms with Gasteiger partial charge in [0.25, 0.3) is 6.71 Å². The molecule has 1 saturated carbocycles. The first kappa shape index (κ1) is 37.1. The Labute approximate surface area is 347 Å². The van der Waals surface area contributed by atoms with Crippen LogP contribution in [0.5, 0.6) is 0 Å². The smallest absolute Gasteiger partial charge is 0.252 e. The first-order chi connectivity index (χ1) is 27.8. The number of benzene rings is 6.